The Morgan fingerprint density at radius 3 is 2.42 bits per heavy atom. The predicted molar refractivity (Wildman–Crippen MR) is 86.1 cm³/mol. The van der Waals surface area contributed by atoms with Gasteiger partial charge in [-0.2, -0.15) is 13.2 Å². The van der Waals surface area contributed by atoms with Crippen LogP contribution in [0.5, 0.6) is 5.75 Å². The van der Waals surface area contributed by atoms with Crippen molar-refractivity contribution in [3.8, 4) is 5.75 Å². The zero-order valence-electron chi connectivity index (χ0n) is 13.0. The van der Waals surface area contributed by atoms with Gasteiger partial charge >= 0.3 is 6.18 Å². The number of hydrogen-bond acceptors (Lipinski definition) is 2. The van der Waals surface area contributed by atoms with Crippen molar-refractivity contribution in [2.24, 2.45) is 0 Å². The number of carbonyl (C=O) groups is 1. The number of anilines is 1. The largest absolute Gasteiger partial charge is 0.489 e. The molecule has 0 aliphatic heterocycles. The first-order valence-electron chi connectivity index (χ1n) is 7.11. The van der Waals surface area contributed by atoms with Crippen LogP contribution in [-0.2, 0) is 6.18 Å². The minimum Gasteiger partial charge on any atom is -0.489 e. The second kappa shape index (κ2) is 7.21. The lowest BCUT2D eigenvalue weighted by atomic mass is 10.1. The highest BCUT2D eigenvalue weighted by molar-refractivity contribution is 6.04. The van der Waals surface area contributed by atoms with E-state index in [2.05, 4.69) is 11.9 Å². The molecule has 0 bridgehead atoms. The Balaban J connectivity index is 2.07. The van der Waals surface area contributed by atoms with Crippen LogP contribution in [0.2, 0.25) is 0 Å². The lowest BCUT2D eigenvalue weighted by Crippen LogP contribution is -2.12. The molecular formula is C18H16F3NO2. The molecule has 1 N–H and O–H groups in total. The first kappa shape index (κ1) is 17.6. The van der Waals surface area contributed by atoms with E-state index in [1.165, 1.54) is 12.1 Å². The van der Waals surface area contributed by atoms with E-state index in [1.807, 2.05) is 6.92 Å². The van der Waals surface area contributed by atoms with Gasteiger partial charge in [-0.1, -0.05) is 12.6 Å². The molecular weight excluding hydrogens is 319 g/mol. The van der Waals surface area contributed by atoms with Crippen molar-refractivity contribution in [1.82, 2.24) is 0 Å². The number of alkyl halides is 3. The number of carbonyl (C=O) groups excluding carboxylic acids is 1. The van der Waals surface area contributed by atoms with E-state index in [9.17, 15) is 18.0 Å². The predicted octanol–water partition coefficient (Wildman–Crippen LogP) is 4.91. The zero-order valence-corrected chi connectivity index (χ0v) is 13.0. The van der Waals surface area contributed by atoms with E-state index in [1.54, 1.807) is 24.3 Å². The molecule has 0 unspecified atom stereocenters. The summed E-state index contributed by atoms with van der Waals surface area (Å²) in [5.41, 5.74) is 0.695. The maximum Gasteiger partial charge on any atom is 0.416 e. The SMILES string of the molecule is C=C(C)COc1cccc(C(=O)Nc2ccc(C(F)(F)F)cc2)c1. The van der Waals surface area contributed by atoms with Crippen LogP contribution < -0.4 is 10.1 Å². The third kappa shape index (κ3) is 4.87. The molecule has 1 amide bonds. The van der Waals surface area contributed by atoms with E-state index < -0.39 is 17.6 Å². The van der Waals surface area contributed by atoms with E-state index in [-0.39, 0.29) is 5.69 Å². The molecule has 0 fully saturated rings. The number of halogens is 3. The Morgan fingerprint density at radius 2 is 1.83 bits per heavy atom. The van der Waals surface area contributed by atoms with Crippen molar-refractivity contribution < 1.29 is 22.7 Å². The van der Waals surface area contributed by atoms with Crippen LogP contribution in [0.1, 0.15) is 22.8 Å². The summed E-state index contributed by atoms with van der Waals surface area (Å²) in [6, 6.07) is 10.8. The number of rotatable bonds is 5. The molecule has 2 rings (SSSR count). The minimum absolute atomic E-state index is 0.279. The summed E-state index contributed by atoms with van der Waals surface area (Å²) in [6.07, 6.45) is -4.41. The molecule has 0 radical (unpaired) electrons. The number of hydrogen-bond donors (Lipinski definition) is 1. The highest BCUT2D eigenvalue weighted by atomic mass is 19.4. The molecule has 24 heavy (non-hydrogen) atoms. The van der Waals surface area contributed by atoms with Crippen LogP contribution >= 0.6 is 0 Å². The molecule has 0 heterocycles. The maximum atomic E-state index is 12.5. The smallest absolute Gasteiger partial charge is 0.416 e. The van der Waals surface area contributed by atoms with Gasteiger partial charge in [0.05, 0.1) is 5.56 Å². The second-order valence-electron chi connectivity index (χ2n) is 5.30. The fraction of sp³-hybridized carbons (Fsp3) is 0.167. The Kier molecular flexibility index (Phi) is 5.28. The molecule has 0 aliphatic carbocycles. The van der Waals surface area contributed by atoms with Gasteiger partial charge in [-0.15, -0.1) is 0 Å². The third-order valence-electron chi connectivity index (χ3n) is 3.05. The van der Waals surface area contributed by atoms with E-state index >= 15 is 0 Å². The van der Waals surface area contributed by atoms with Gasteiger partial charge in [0.1, 0.15) is 12.4 Å². The van der Waals surface area contributed by atoms with Gasteiger partial charge < -0.3 is 10.1 Å². The second-order valence-corrected chi connectivity index (χ2v) is 5.30. The van der Waals surface area contributed by atoms with Crippen molar-refractivity contribution in [3.63, 3.8) is 0 Å². The van der Waals surface area contributed by atoms with Crippen molar-refractivity contribution in [1.29, 1.82) is 0 Å². The van der Waals surface area contributed by atoms with Crippen LogP contribution in [0.3, 0.4) is 0 Å². The highest BCUT2D eigenvalue weighted by Gasteiger charge is 2.29. The molecule has 0 aromatic heterocycles. The summed E-state index contributed by atoms with van der Waals surface area (Å²) >= 11 is 0. The summed E-state index contributed by atoms with van der Waals surface area (Å²) in [5.74, 6) is 0.0774. The fourth-order valence-corrected chi connectivity index (χ4v) is 1.88. The van der Waals surface area contributed by atoms with Crippen LogP contribution in [0.15, 0.2) is 60.7 Å². The lowest BCUT2D eigenvalue weighted by molar-refractivity contribution is -0.137. The van der Waals surface area contributed by atoms with E-state index in [0.717, 1.165) is 17.7 Å². The Bertz CT molecular complexity index is 737. The highest BCUT2D eigenvalue weighted by Crippen LogP contribution is 2.29. The molecule has 6 heteroatoms. The zero-order chi connectivity index (χ0) is 17.7. The minimum atomic E-state index is -4.41. The molecule has 0 saturated heterocycles. The summed E-state index contributed by atoms with van der Waals surface area (Å²) in [5, 5.41) is 2.55. The summed E-state index contributed by atoms with van der Waals surface area (Å²) in [4.78, 5) is 12.2. The van der Waals surface area contributed by atoms with Crippen LogP contribution in [0.4, 0.5) is 18.9 Å². The Labute approximate surface area is 137 Å². The van der Waals surface area contributed by atoms with Crippen molar-refractivity contribution in [2.45, 2.75) is 13.1 Å². The molecule has 126 valence electrons. The average molecular weight is 335 g/mol. The molecule has 0 saturated carbocycles. The standard InChI is InChI=1S/C18H16F3NO2/c1-12(2)11-24-16-5-3-4-13(10-16)17(23)22-15-8-6-14(7-9-15)18(19,20)21/h3-10H,1,11H2,2H3,(H,22,23). The van der Waals surface area contributed by atoms with Gasteiger partial charge in [0.25, 0.3) is 5.91 Å². The first-order chi connectivity index (χ1) is 11.3. The van der Waals surface area contributed by atoms with Crippen molar-refractivity contribution >= 4 is 11.6 Å². The topological polar surface area (TPSA) is 38.3 Å². The number of ether oxygens (including phenoxy) is 1. The van der Waals surface area contributed by atoms with Gasteiger partial charge in [0, 0.05) is 11.3 Å². The summed E-state index contributed by atoms with van der Waals surface area (Å²) in [6.45, 7) is 5.88. The molecule has 2 aromatic carbocycles. The van der Waals surface area contributed by atoms with Gasteiger partial charge in [0.15, 0.2) is 0 Å². The maximum absolute atomic E-state index is 12.5. The van der Waals surface area contributed by atoms with Crippen LogP contribution in [0, 0.1) is 0 Å². The van der Waals surface area contributed by atoms with Crippen LogP contribution in [-0.4, -0.2) is 12.5 Å². The van der Waals surface area contributed by atoms with Gasteiger partial charge in [-0.3, -0.25) is 4.79 Å². The monoisotopic (exact) mass is 335 g/mol. The normalized spacial score (nSPS) is 11.0. The number of amides is 1. The molecule has 0 aliphatic rings. The van der Waals surface area contributed by atoms with Gasteiger partial charge in [0.2, 0.25) is 0 Å². The lowest BCUT2D eigenvalue weighted by Gasteiger charge is -2.10. The summed E-state index contributed by atoms with van der Waals surface area (Å²) in [7, 11) is 0. The van der Waals surface area contributed by atoms with E-state index in [4.69, 9.17) is 4.74 Å². The van der Waals surface area contributed by atoms with Crippen LogP contribution in [0.25, 0.3) is 0 Å². The molecule has 0 spiro atoms. The van der Waals surface area contributed by atoms with Gasteiger partial charge in [-0.25, -0.2) is 0 Å². The quantitative estimate of drug-likeness (QED) is 0.788. The summed E-state index contributed by atoms with van der Waals surface area (Å²) < 4.78 is 43.0. The third-order valence-corrected chi connectivity index (χ3v) is 3.05. The Morgan fingerprint density at radius 1 is 1.17 bits per heavy atom. The van der Waals surface area contributed by atoms with Gasteiger partial charge in [-0.05, 0) is 55.0 Å². The number of benzene rings is 2. The number of nitrogens with one attached hydrogen (secondary N) is 1. The molecule has 3 nitrogen and oxygen atoms in total. The van der Waals surface area contributed by atoms with Crippen molar-refractivity contribution in [2.75, 3.05) is 11.9 Å². The first-order valence-corrected chi connectivity index (χ1v) is 7.11. The van der Waals surface area contributed by atoms with E-state index in [0.29, 0.717) is 17.9 Å². The molecule has 0 atom stereocenters. The Hall–Kier alpha value is -2.76. The fourth-order valence-electron chi connectivity index (χ4n) is 1.88. The molecule has 2 aromatic rings. The average Bonchev–Trinajstić information content (AvgIpc) is 2.53. The van der Waals surface area contributed by atoms with Crippen molar-refractivity contribution in [3.05, 3.63) is 71.8 Å².